The van der Waals surface area contributed by atoms with Crippen molar-refractivity contribution in [3.8, 4) is 28.4 Å². The summed E-state index contributed by atoms with van der Waals surface area (Å²) in [6.07, 6.45) is 2.96. The molecule has 9 nitrogen and oxygen atoms in total. The topological polar surface area (TPSA) is 120 Å². The van der Waals surface area contributed by atoms with Crippen LogP contribution in [-0.4, -0.2) is 53.8 Å². The number of hydrogen-bond acceptors (Lipinski definition) is 8. The van der Waals surface area contributed by atoms with Crippen LogP contribution in [0.4, 0.5) is 15.8 Å². The number of methoxy groups -OCH3 is 1. The lowest BCUT2D eigenvalue weighted by atomic mass is 10.0. The summed E-state index contributed by atoms with van der Waals surface area (Å²) in [5, 5.41) is 22.1. The van der Waals surface area contributed by atoms with E-state index in [-0.39, 0.29) is 35.8 Å². The third-order valence-corrected chi connectivity index (χ3v) is 8.08. The molecule has 0 radical (unpaired) electrons. The molecule has 1 amide bonds. The molecule has 44 heavy (non-hydrogen) atoms. The van der Waals surface area contributed by atoms with Gasteiger partial charge >= 0.3 is 0 Å². The van der Waals surface area contributed by atoms with E-state index in [0.29, 0.717) is 70.7 Å². The third kappa shape index (κ3) is 7.28. The van der Waals surface area contributed by atoms with Crippen LogP contribution in [0.15, 0.2) is 60.8 Å². The quantitative estimate of drug-likeness (QED) is 0.123. The average Bonchev–Trinajstić information content (AvgIpc) is 3.45. The molecule has 4 aromatic rings. The van der Waals surface area contributed by atoms with Crippen molar-refractivity contribution in [1.82, 2.24) is 25.9 Å². The molecular weight excluding hydrogens is 606 g/mol. The zero-order valence-electron chi connectivity index (χ0n) is 24.1. The van der Waals surface area contributed by atoms with E-state index in [1.165, 1.54) is 0 Å². The van der Waals surface area contributed by atoms with Crippen molar-refractivity contribution in [2.24, 2.45) is 0 Å². The Hall–Kier alpha value is -3.80. The largest absolute Gasteiger partial charge is 0.481 e. The van der Waals surface area contributed by atoms with Crippen molar-refractivity contribution in [1.29, 1.82) is 0 Å². The maximum absolute atomic E-state index is 15.2. The summed E-state index contributed by atoms with van der Waals surface area (Å²) in [5.74, 6) is 0.128. The summed E-state index contributed by atoms with van der Waals surface area (Å²) in [6.45, 7) is 1.79. The number of benzene rings is 2. The van der Waals surface area contributed by atoms with E-state index < -0.39 is 5.82 Å². The number of nitrogens with one attached hydrogen (secondary N) is 4. The van der Waals surface area contributed by atoms with E-state index in [0.717, 1.165) is 12.0 Å². The number of halogens is 3. The van der Waals surface area contributed by atoms with Crippen LogP contribution in [0.2, 0.25) is 10.0 Å². The number of ether oxygens (including phenoxy) is 1. The van der Waals surface area contributed by atoms with Crippen LogP contribution in [0.25, 0.3) is 22.5 Å². The standard InChI is InChI=1S/C32H33Cl2FN6O3/c1-44-32-20(17-37-18-21-9-11-27(43)39-21)8-10-24(41-32)22-5-3-6-23(28(22)33)31-29(34)25(12-13-38-31)40-26-7-2-4-19(30(26)35)16-36-14-15-42/h2-8,10,12-13,21,36-37,42H,9,11,14-18H2,1H3,(H,38,40)(H,39,43)/t21-/m1/s1. The smallest absolute Gasteiger partial charge is 0.220 e. The summed E-state index contributed by atoms with van der Waals surface area (Å²) in [6, 6.07) is 16.2. The highest BCUT2D eigenvalue weighted by molar-refractivity contribution is 6.39. The molecule has 230 valence electrons. The van der Waals surface area contributed by atoms with Gasteiger partial charge in [0.2, 0.25) is 11.8 Å². The molecule has 0 unspecified atom stereocenters. The van der Waals surface area contributed by atoms with Crippen LogP contribution in [-0.2, 0) is 17.9 Å². The molecule has 2 aromatic heterocycles. The molecule has 1 aliphatic rings. The van der Waals surface area contributed by atoms with E-state index in [4.69, 9.17) is 38.0 Å². The minimum Gasteiger partial charge on any atom is -0.481 e. The fourth-order valence-corrected chi connectivity index (χ4v) is 5.62. The maximum atomic E-state index is 15.2. The molecule has 12 heteroatoms. The number of aliphatic hydroxyl groups is 1. The summed E-state index contributed by atoms with van der Waals surface area (Å²) in [5.41, 5.74) is 4.34. The minimum absolute atomic E-state index is 0.0333. The normalized spacial score (nSPS) is 14.5. The fraction of sp³-hybridized carbons (Fsp3) is 0.281. The van der Waals surface area contributed by atoms with Gasteiger partial charge in [-0.05, 0) is 24.6 Å². The highest BCUT2D eigenvalue weighted by Gasteiger charge is 2.21. The van der Waals surface area contributed by atoms with E-state index in [1.54, 1.807) is 37.6 Å². The maximum Gasteiger partial charge on any atom is 0.220 e. The average molecular weight is 640 g/mol. The van der Waals surface area contributed by atoms with Gasteiger partial charge in [0.25, 0.3) is 0 Å². The zero-order chi connectivity index (χ0) is 31.1. The molecule has 0 aliphatic carbocycles. The SMILES string of the molecule is COc1nc(-c2cccc(-c3nccc(Nc4cccc(CNCCO)c4F)c3Cl)c2Cl)ccc1CNC[C@H]1CCC(=O)N1. The van der Waals surface area contributed by atoms with Crippen LogP contribution < -0.4 is 26.0 Å². The Kier molecular flexibility index (Phi) is 10.6. The lowest BCUT2D eigenvalue weighted by Crippen LogP contribution is -2.35. The fourth-order valence-electron chi connectivity index (χ4n) is 5.04. The van der Waals surface area contributed by atoms with Gasteiger partial charge in [0.1, 0.15) is 0 Å². The molecule has 2 aromatic carbocycles. The number of nitrogens with zero attached hydrogens (tertiary/aromatic N) is 2. The molecule has 1 fully saturated rings. The Morgan fingerprint density at radius 3 is 2.57 bits per heavy atom. The number of carbonyl (C=O) groups excluding carboxylic acids is 1. The van der Waals surface area contributed by atoms with Crippen LogP contribution in [0.5, 0.6) is 5.88 Å². The van der Waals surface area contributed by atoms with E-state index in [2.05, 4.69) is 26.3 Å². The zero-order valence-corrected chi connectivity index (χ0v) is 25.6. The first-order valence-electron chi connectivity index (χ1n) is 14.2. The first-order valence-corrected chi connectivity index (χ1v) is 15.0. The molecule has 0 saturated carbocycles. The Labute approximate surface area is 265 Å². The van der Waals surface area contributed by atoms with Crippen molar-refractivity contribution >= 4 is 40.5 Å². The van der Waals surface area contributed by atoms with E-state index in [1.807, 2.05) is 30.3 Å². The van der Waals surface area contributed by atoms with Crippen LogP contribution >= 0.6 is 23.2 Å². The van der Waals surface area contributed by atoms with Gasteiger partial charge in [-0.15, -0.1) is 0 Å². The van der Waals surface area contributed by atoms with Gasteiger partial charge < -0.3 is 31.1 Å². The van der Waals surface area contributed by atoms with Crippen LogP contribution in [0, 0.1) is 5.82 Å². The predicted octanol–water partition coefficient (Wildman–Crippen LogP) is 5.46. The molecule has 1 saturated heterocycles. The lowest BCUT2D eigenvalue weighted by Gasteiger charge is -2.16. The lowest BCUT2D eigenvalue weighted by molar-refractivity contribution is -0.119. The summed E-state index contributed by atoms with van der Waals surface area (Å²) in [4.78, 5) is 20.7. The van der Waals surface area contributed by atoms with Crippen LogP contribution in [0.3, 0.4) is 0 Å². The number of hydrogen-bond donors (Lipinski definition) is 5. The van der Waals surface area contributed by atoms with E-state index in [9.17, 15) is 4.79 Å². The van der Waals surface area contributed by atoms with Gasteiger partial charge in [-0.2, -0.15) is 0 Å². The third-order valence-electron chi connectivity index (χ3n) is 7.29. The number of amides is 1. The molecule has 5 rings (SSSR count). The van der Waals surface area contributed by atoms with Gasteiger partial charge in [-0.1, -0.05) is 59.6 Å². The Morgan fingerprint density at radius 2 is 1.80 bits per heavy atom. The number of anilines is 2. The number of aliphatic hydroxyl groups excluding tert-OH is 1. The van der Waals surface area contributed by atoms with Gasteiger partial charge in [0, 0.05) is 67.1 Å². The molecule has 1 atom stereocenters. The van der Waals surface area contributed by atoms with Crippen LogP contribution in [0.1, 0.15) is 24.0 Å². The van der Waals surface area contributed by atoms with Crippen molar-refractivity contribution < 1.29 is 19.0 Å². The molecule has 0 bridgehead atoms. The van der Waals surface area contributed by atoms with Gasteiger partial charge in [-0.3, -0.25) is 9.78 Å². The predicted molar refractivity (Wildman–Crippen MR) is 171 cm³/mol. The number of rotatable bonds is 13. The van der Waals surface area contributed by atoms with Gasteiger partial charge in [-0.25, -0.2) is 9.37 Å². The molecule has 5 N–H and O–H groups in total. The van der Waals surface area contributed by atoms with Crippen molar-refractivity contribution in [2.45, 2.75) is 32.0 Å². The second-order valence-electron chi connectivity index (χ2n) is 10.3. The summed E-state index contributed by atoms with van der Waals surface area (Å²) in [7, 11) is 1.57. The second kappa shape index (κ2) is 14.8. The monoisotopic (exact) mass is 638 g/mol. The first-order chi connectivity index (χ1) is 21.4. The summed E-state index contributed by atoms with van der Waals surface area (Å²) < 4.78 is 20.8. The summed E-state index contributed by atoms with van der Waals surface area (Å²) >= 11 is 13.8. The molecular formula is C32H33Cl2FN6O3. The van der Waals surface area contributed by atoms with E-state index >= 15 is 4.39 Å². The van der Waals surface area contributed by atoms with Gasteiger partial charge in [0.05, 0.1) is 46.5 Å². The highest BCUT2D eigenvalue weighted by atomic mass is 35.5. The van der Waals surface area contributed by atoms with Crippen molar-refractivity contribution in [3.63, 3.8) is 0 Å². The Morgan fingerprint density at radius 1 is 1.00 bits per heavy atom. The highest BCUT2D eigenvalue weighted by Crippen LogP contribution is 2.41. The molecule has 1 aliphatic heterocycles. The Bertz CT molecular complexity index is 1640. The second-order valence-corrected chi connectivity index (χ2v) is 11.0. The molecule has 0 spiro atoms. The number of pyridine rings is 2. The molecule has 3 heterocycles. The first kappa shape index (κ1) is 31.6. The number of carbonyl (C=O) groups is 1. The number of aromatic nitrogens is 2. The Balaban J connectivity index is 1.37. The van der Waals surface area contributed by atoms with Gasteiger partial charge in [0.15, 0.2) is 5.82 Å². The minimum atomic E-state index is -0.420. The van der Waals surface area contributed by atoms with Crippen molar-refractivity contribution in [2.75, 3.05) is 32.1 Å². The van der Waals surface area contributed by atoms with Crippen molar-refractivity contribution in [3.05, 3.63) is 87.8 Å².